The second kappa shape index (κ2) is 6.22. The van der Waals surface area contributed by atoms with Gasteiger partial charge < -0.3 is 9.30 Å². The topological polar surface area (TPSA) is 27.1 Å². The fraction of sp³-hybridized carbons (Fsp3) is 0.316. The normalized spacial score (nSPS) is 11.0. The Labute approximate surface area is 131 Å². The molecule has 3 aromatic rings. The molecule has 0 unspecified atom stereocenters. The first-order valence-electron chi connectivity index (χ1n) is 7.75. The van der Waals surface area contributed by atoms with Gasteiger partial charge in [-0.1, -0.05) is 18.2 Å². The van der Waals surface area contributed by atoms with Crippen molar-refractivity contribution in [2.45, 2.75) is 33.7 Å². The van der Waals surface area contributed by atoms with Crippen LogP contribution in [0, 0.1) is 20.8 Å². The van der Waals surface area contributed by atoms with Gasteiger partial charge in [0.05, 0.1) is 24.0 Å². The smallest absolute Gasteiger partial charge is 0.122 e. The summed E-state index contributed by atoms with van der Waals surface area (Å²) in [7, 11) is 0. The van der Waals surface area contributed by atoms with Crippen LogP contribution in [0.2, 0.25) is 0 Å². The average Bonchev–Trinajstić information content (AvgIpc) is 2.88. The Balaban J connectivity index is 1.62. The minimum atomic E-state index is 0.718. The summed E-state index contributed by atoms with van der Waals surface area (Å²) >= 11 is 0. The van der Waals surface area contributed by atoms with Gasteiger partial charge in [0.25, 0.3) is 0 Å². The van der Waals surface area contributed by atoms with Gasteiger partial charge in [-0.2, -0.15) is 0 Å². The van der Waals surface area contributed by atoms with Gasteiger partial charge in [0.2, 0.25) is 0 Å². The van der Waals surface area contributed by atoms with Crippen molar-refractivity contribution in [1.29, 1.82) is 0 Å². The van der Waals surface area contributed by atoms with Gasteiger partial charge in [-0.3, -0.25) is 0 Å². The highest BCUT2D eigenvalue weighted by Gasteiger charge is 2.05. The summed E-state index contributed by atoms with van der Waals surface area (Å²) in [5, 5.41) is 0. The second-order valence-corrected chi connectivity index (χ2v) is 5.83. The number of aromatic nitrogens is 2. The van der Waals surface area contributed by atoms with Crippen molar-refractivity contribution in [3.05, 3.63) is 59.4 Å². The van der Waals surface area contributed by atoms with Gasteiger partial charge in [0.1, 0.15) is 5.75 Å². The summed E-state index contributed by atoms with van der Waals surface area (Å²) in [5.41, 5.74) is 6.06. The van der Waals surface area contributed by atoms with Crippen LogP contribution in [-0.2, 0) is 6.54 Å². The highest BCUT2D eigenvalue weighted by atomic mass is 16.5. The lowest BCUT2D eigenvalue weighted by atomic mass is 10.1. The molecule has 0 saturated heterocycles. The molecule has 0 atom stereocenters. The van der Waals surface area contributed by atoms with E-state index in [0.29, 0.717) is 0 Å². The van der Waals surface area contributed by atoms with E-state index in [1.54, 1.807) is 0 Å². The Bertz CT molecular complexity index is 789. The van der Waals surface area contributed by atoms with E-state index in [2.05, 4.69) is 48.5 Å². The number of rotatable bonds is 5. The van der Waals surface area contributed by atoms with Gasteiger partial charge in [-0.05, 0) is 62.1 Å². The maximum Gasteiger partial charge on any atom is 0.122 e. The van der Waals surface area contributed by atoms with Crippen molar-refractivity contribution in [2.75, 3.05) is 6.61 Å². The lowest BCUT2D eigenvalue weighted by Crippen LogP contribution is -2.04. The molecule has 0 N–H and O–H groups in total. The third-order valence-electron chi connectivity index (χ3n) is 4.13. The second-order valence-electron chi connectivity index (χ2n) is 5.83. The van der Waals surface area contributed by atoms with E-state index in [-0.39, 0.29) is 0 Å². The fourth-order valence-electron chi connectivity index (χ4n) is 2.63. The molecule has 114 valence electrons. The van der Waals surface area contributed by atoms with E-state index in [9.17, 15) is 0 Å². The first-order valence-corrected chi connectivity index (χ1v) is 7.75. The number of nitrogens with zero attached hydrogens (tertiary/aromatic N) is 2. The van der Waals surface area contributed by atoms with Crippen molar-refractivity contribution in [2.24, 2.45) is 0 Å². The Morgan fingerprint density at radius 1 is 1.00 bits per heavy atom. The minimum absolute atomic E-state index is 0.718. The SMILES string of the molecule is Cc1cc2ncn(CCCOc3ccccc3C)c2cc1C. The van der Waals surface area contributed by atoms with Gasteiger partial charge >= 0.3 is 0 Å². The van der Waals surface area contributed by atoms with Crippen molar-refractivity contribution >= 4 is 11.0 Å². The number of benzene rings is 2. The summed E-state index contributed by atoms with van der Waals surface area (Å²) in [5.74, 6) is 0.976. The predicted octanol–water partition coefficient (Wildman–Crippen LogP) is 4.43. The highest BCUT2D eigenvalue weighted by molar-refractivity contribution is 5.77. The number of para-hydroxylation sites is 1. The van der Waals surface area contributed by atoms with Crippen LogP contribution in [-0.4, -0.2) is 16.2 Å². The molecule has 22 heavy (non-hydrogen) atoms. The summed E-state index contributed by atoms with van der Waals surface area (Å²) in [6, 6.07) is 12.5. The lowest BCUT2D eigenvalue weighted by molar-refractivity contribution is 0.300. The lowest BCUT2D eigenvalue weighted by Gasteiger charge is -2.09. The monoisotopic (exact) mass is 294 g/mol. The van der Waals surface area contributed by atoms with E-state index in [1.807, 2.05) is 24.5 Å². The molecule has 0 amide bonds. The molecule has 0 fully saturated rings. The molecule has 0 bridgehead atoms. The third-order valence-corrected chi connectivity index (χ3v) is 4.13. The third kappa shape index (κ3) is 2.98. The Morgan fingerprint density at radius 3 is 2.59 bits per heavy atom. The van der Waals surface area contributed by atoms with E-state index >= 15 is 0 Å². The number of fused-ring (bicyclic) bond motifs is 1. The predicted molar refractivity (Wildman–Crippen MR) is 90.5 cm³/mol. The molecule has 0 saturated carbocycles. The van der Waals surface area contributed by atoms with Crippen LogP contribution >= 0.6 is 0 Å². The molecule has 2 aromatic carbocycles. The van der Waals surface area contributed by atoms with Gasteiger partial charge in [-0.15, -0.1) is 0 Å². The minimum Gasteiger partial charge on any atom is -0.493 e. The van der Waals surface area contributed by atoms with E-state index in [4.69, 9.17) is 4.74 Å². The van der Waals surface area contributed by atoms with Crippen molar-refractivity contribution < 1.29 is 4.74 Å². The van der Waals surface area contributed by atoms with Gasteiger partial charge in [0.15, 0.2) is 0 Å². The molecule has 3 rings (SSSR count). The Hall–Kier alpha value is -2.29. The van der Waals surface area contributed by atoms with Gasteiger partial charge in [-0.25, -0.2) is 4.98 Å². The first kappa shape index (κ1) is 14.6. The van der Waals surface area contributed by atoms with Crippen molar-refractivity contribution in [3.8, 4) is 5.75 Å². The highest BCUT2D eigenvalue weighted by Crippen LogP contribution is 2.19. The van der Waals surface area contributed by atoms with Crippen LogP contribution in [0.25, 0.3) is 11.0 Å². The summed E-state index contributed by atoms with van der Waals surface area (Å²) in [6.07, 6.45) is 2.89. The Kier molecular flexibility index (Phi) is 4.14. The summed E-state index contributed by atoms with van der Waals surface area (Å²) < 4.78 is 8.07. The average molecular weight is 294 g/mol. The number of imidazole rings is 1. The quantitative estimate of drug-likeness (QED) is 0.651. The first-order chi connectivity index (χ1) is 10.6. The summed E-state index contributed by atoms with van der Waals surface area (Å²) in [6.45, 7) is 7.99. The number of aryl methyl sites for hydroxylation is 4. The fourth-order valence-corrected chi connectivity index (χ4v) is 2.63. The van der Waals surface area contributed by atoms with Crippen molar-refractivity contribution in [3.63, 3.8) is 0 Å². The maximum atomic E-state index is 5.86. The molecule has 1 aromatic heterocycles. The van der Waals surface area contributed by atoms with Crippen LogP contribution in [0.3, 0.4) is 0 Å². The Morgan fingerprint density at radius 2 is 1.77 bits per heavy atom. The molecule has 0 spiro atoms. The number of ether oxygens (including phenoxy) is 1. The zero-order valence-electron chi connectivity index (χ0n) is 13.5. The zero-order chi connectivity index (χ0) is 15.5. The van der Waals surface area contributed by atoms with Crippen LogP contribution in [0.1, 0.15) is 23.1 Å². The molecule has 0 aliphatic heterocycles. The van der Waals surface area contributed by atoms with Gasteiger partial charge in [0, 0.05) is 6.54 Å². The van der Waals surface area contributed by atoms with Crippen LogP contribution < -0.4 is 4.74 Å². The van der Waals surface area contributed by atoms with E-state index in [1.165, 1.54) is 22.2 Å². The van der Waals surface area contributed by atoms with Crippen LogP contribution in [0.15, 0.2) is 42.7 Å². The number of hydrogen-bond acceptors (Lipinski definition) is 2. The van der Waals surface area contributed by atoms with Crippen LogP contribution in [0.4, 0.5) is 0 Å². The molecular weight excluding hydrogens is 272 g/mol. The van der Waals surface area contributed by atoms with Crippen LogP contribution in [0.5, 0.6) is 5.75 Å². The van der Waals surface area contributed by atoms with E-state index < -0.39 is 0 Å². The maximum absolute atomic E-state index is 5.86. The standard InChI is InChI=1S/C19H22N2O/c1-14-7-4-5-8-19(14)22-10-6-9-21-13-20-17-11-15(2)16(3)12-18(17)21/h4-5,7-8,11-13H,6,9-10H2,1-3H3. The van der Waals surface area contributed by atoms with E-state index in [0.717, 1.165) is 30.8 Å². The molecule has 3 heteroatoms. The van der Waals surface area contributed by atoms with Crippen molar-refractivity contribution in [1.82, 2.24) is 9.55 Å². The molecule has 3 nitrogen and oxygen atoms in total. The molecule has 0 aliphatic carbocycles. The molecule has 0 radical (unpaired) electrons. The number of hydrogen-bond donors (Lipinski definition) is 0. The summed E-state index contributed by atoms with van der Waals surface area (Å²) in [4.78, 5) is 4.49. The molecule has 0 aliphatic rings. The zero-order valence-corrected chi connectivity index (χ0v) is 13.5. The molecular formula is C19H22N2O. The largest absolute Gasteiger partial charge is 0.493 e. The molecule has 1 heterocycles.